The number of unbranched alkanes of at least 4 members (excludes halogenated alkanes) is 2. The number of aromatic nitrogens is 3. The van der Waals surface area contributed by atoms with E-state index in [0.29, 0.717) is 5.69 Å². The van der Waals surface area contributed by atoms with Crippen molar-refractivity contribution >= 4 is 41.8 Å². The molecule has 9 atom stereocenters. The van der Waals surface area contributed by atoms with Gasteiger partial charge in [0.05, 0.1) is 12.7 Å². The van der Waals surface area contributed by atoms with Crippen molar-refractivity contribution in [1.29, 1.82) is 0 Å². The molecule has 0 saturated carbocycles. The van der Waals surface area contributed by atoms with Crippen LogP contribution in [0.15, 0.2) is 30.5 Å². The summed E-state index contributed by atoms with van der Waals surface area (Å²) in [6.45, 7) is 7.94. The monoisotopic (exact) mass is 833 g/mol. The van der Waals surface area contributed by atoms with Crippen LogP contribution in [-0.4, -0.2) is 125 Å². The highest BCUT2D eigenvalue weighted by atomic mass is 16.8. The smallest absolute Gasteiger partial charge is 0.303 e. The molecule has 324 valence electrons. The highest BCUT2D eigenvalue weighted by Gasteiger charge is 2.64. The summed E-state index contributed by atoms with van der Waals surface area (Å²) >= 11 is 0. The Kier molecular flexibility index (Phi) is 16.4. The zero-order chi connectivity index (χ0) is 43.4. The zero-order valence-electron chi connectivity index (χ0n) is 34.2. The van der Waals surface area contributed by atoms with Gasteiger partial charge in [0, 0.05) is 54.0 Å². The number of carbonyl (C=O) groups is 7. The Morgan fingerprint density at radius 1 is 0.678 bits per heavy atom. The average molecular weight is 834 g/mol. The van der Waals surface area contributed by atoms with Crippen LogP contribution in [-0.2, 0) is 93.9 Å². The van der Waals surface area contributed by atoms with Gasteiger partial charge in [-0.1, -0.05) is 49.2 Å². The standard InChI is InChI=1S/C39H51N3O17/c1-9-10-11-12-28-13-15-29(16-14-28)30-17-42(41-40-30)18-31-34(53-24(5)46)37(56-27(8)49)39(58-31,20-51-22(3)44)59-38-36(55-26(7)48)35(54-25(6)47)33(52-23(4)45)32(57-38)19-50-21(2)43/h13-17,31-38H,9-12,18-20H2,1-8H3/t31-,32-,33-,34-,35+,36-,37+,38-,39+/m1/s1. The van der Waals surface area contributed by atoms with Gasteiger partial charge in [0.15, 0.2) is 30.5 Å². The maximum atomic E-state index is 12.7. The van der Waals surface area contributed by atoms with Gasteiger partial charge in [-0.25, -0.2) is 4.68 Å². The van der Waals surface area contributed by atoms with Crippen molar-refractivity contribution in [2.45, 2.75) is 142 Å². The normalized spacial score (nSPS) is 26.2. The second kappa shape index (κ2) is 21.0. The van der Waals surface area contributed by atoms with Gasteiger partial charge >= 0.3 is 41.8 Å². The third kappa shape index (κ3) is 13.0. The molecule has 0 amide bonds. The summed E-state index contributed by atoms with van der Waals surface area (Å²) in [7, 11) is 0. The molecular weight excluding hydrogens is 782 g/mol. The Labute approximate surface area is 340 Å². The van der Waals surface area contributed by atoms with Crippen molar-refractivity contribution in [2.24, 2.45) is 0 Å². The van der Waals surface area contributed by atoms with Crippen LogP contribution < -0.4 is 0 Å². The van der Waals surface area contributed by atoms with Gasteiger partial charge in [0.1, 0.15) is 31.1 Å². The third-order valence-corrected chi connectivity index (χ3v) is 9.01. The number of rotatable bonds is 18. The van der Waals surface area contributed by atoms with E-state index in [1.807, 2.05) is 24.3 Å². The van der Waals surface area contributed by atoms with Gasteiger partial charge in [-0.2, -0.15) is 0 Å². The van der Waals surface area contributed by atoms with E-state index in [9.17, 15) is 33.6 Å². The van der Waals surface area contributed by atoms with Crippen LogP contribution in [0.3, 0.4) is 0 Å². The fraction of sp³-hybridized carbons (Fsp3) is 0.615. The number of carbonyl (C=O) groups excluding carboxylic acids is 7. The van der Waals surface area contributed by atoms with Gasteiger partial charge in [0.25, 0.3) is 0 Å². The number of benzene rings is 1. The molecule has 3 heterocycles. The quantitative estimate of drug-likeness (QED) is 0.119. The lowest BCUT2D eigenvalue weighted by atomic mass is 9.97. The lowest BCUT2D eigenvalue weighted by Crippen LogP contribution is -2.65. The number of hydrogen-bond acceptors (Lipinski definition) is 19. The SMILES string of the molecule is CCCCCc1ccc(-c2cn(C[C@H]3O[C@@](COC(C)=O)(O[C@H]4O[C@H](COC(C)=O)[C@@H](OC(C)=O)[C@H](OC(C)=O)[C@H]4OC(C)=O)[C@@H](OC(C)=O)[C@@H]3OC(C)=O)nn2)cc1. The van der Waals surface area contributed by atoms with Gasteiger partial charge < -0.3 is 47.4 Å². The lowest BCUT2D eigenvalue weighted by Gasteiger charge is -2.46. The topological polar surface area (TPSA) is 242 Å². The second-order valence-electron chi connectivity index (χ2n) is 14.0. The molecule has 1 aromatic heterocycles. The summed E-state index contributed by atoms with van der Waals surface area (Å²) < 4.78 is 58.9. The van der Waals surface area contributed by atoms with Crippen LogP contribution in [0, 0.1) is 0 Å². The van der Waals surface area contributed by atoms with Crippen LogP contribution in [0.2, 0.25) is 0 Å². The molecule has 2 fully saturated rings. The fourth-order valence-electron chi connectivity index (χ4n) is 6.69. The number of esters is 7. The summed E-state index contributed by atoms with van der Waals surface area (Å²) in [5.74, 6) is -8.50. The number of nitrogens with zero attached hydrogens (tertiary/aromatic N) is 3. The summed E-state index contributed by atoms with van der Waals surface area (Å²) in [4.78, 5) is 86.9. The molecular formula is C39H51N3O17. The van der Waals surface area contributed by atoms with E-state index in [2.05, 4.69) is 17.2 Å². The summed E-state index contributed by atoms with van der Waals surface area (Å²) in [6, 6.07) is 7.87. The maximum Gasteiger partial charge on any atom is 0.303 e. The molecule has 2 saturated heterocycles. The highest BCUT2D eigenvalue weighted by Crippen LogP contribution is 2.42. The first-order chi connectivity index (χ1) is 27.9. The average Bonchev–Trinajstić information content (AvgIpc) is 3.71. The Bertz CT molecular complexity index is 1820. The fourth-order valence-corrected chi connectivity index (χ4v) is 6.69. The minimum absolute atomic E-state index is 0.207. The van der Waals surface area contributed by atoms with E-state index in [4.69, 9.17) is 47.4 Å². The maximum absolute atomic E-state index is 12.7. The highest BCUT2D eigenvalue weighted by molar-refractivity contribution is 5.69. The van der Waals surface area contributed by atoms with Crippen LogP contribution in [0.25, 0.3) is 11.3 Å². The van der Waals surface area contributed by atoms with Crippen molar-refractivity contribution in [3.05, 3.63) is 36.0 Å². The third-order valence-electron chi connectivity index (χ3n) is 9.01. The largest absolute Gasteiger partial charge is 0.463 e. The summed E-state index contributed by atoms with van der Waals surface area (Å²) in [6.07, 6.45) is -6.98. The van der Waals surface area contributed by atoms with Crippen LogP contribution in [0.1, 0.15) is 80.2 Å². The van der Waals surface area contributed by atoms with Crippen molar-refractivity contribution in [1.82, 2.24) is 15.0 Å². The lowest BCUT2D eigenvalue weighted by molar-refractivity contribution is -0.384. The predicted molar refractivity (Wildman–Crippen MR) is 197 cm³/mol. The molecule has 0 bridgehead atoms. The number of ether oxygens (including phenoxy) is 10. The second-order valence-corrected chi connectivity index (χ2v) is 14.0. The van der Waals surface area contributed by atoms with Gasteiger partial charge in [0.2, 0.25) is 12.1 Å². The van der Waals surface area contributed by atoms with Gasteiger partial charge in [-0.3, -0.25) is 33.6 Å². The first kappa shape index (κ1) is 46.2. The van der Waals surface area contributed by atoms with Crippen molar-refractivity contribution in [3.63, 3.8) is 0 Å². The van der Waals surface area contributed by atoms with Gasteiger partial charge in [-0.15, -0.1) is 5.10 Å². The minimum Gasteiger partial charge on any atom is -0.463 e. The van der Waals surface area contributed by atoms with Crippen molar-refractivity contribution in [3.8, 4) is 11.3 Å². The molecule has 20 nitrogen and oxygen atoms in total. The first-order valence-corrected chi connectivity index (χ1v) is 19.0. The summed E-state index contributed by atoms with van der Waals surface area (Å²) in [5, 5.41) is 8.53. The molecule has 0 aliphatic carbocycles. The van der Waals surface area contributed by atoms with E-state index in [-0.39, 0.29) is 6.54 Å². The van der Waals surface area contributed by atoms with Crippen LogP contribution >= 0.6 is 0 Å². The van der Waals surface area contributed by atoms with E-state index in [1.165, 1.54) is 10.2 Å². The predicted octanol–water partition coefficient (Wildman–Crippen LogP) is 2.30. The zero-order valence-corrected chi connectivity index (χ0v) is 34.2. The molecule has 0 radical (unpaired) electrons. The molecule has 2 aromatic rings. The molecule has 2 aliphatic rings. The molecule has 59 heavy (non-hydrogen) atoms. The molecule has 1 aromatic carbocycles. The van der Waals surface area contributed by atoms with Crippen LogP contribution in [0.4, 0.5) is 0 Å². The van der Waals surface area contributed by atoms with E-state index < -0.39 is 110 Å². The first-order valence-electron chi connectivity index (χ1n) is 19.0. The van der Waals surface area contributed by atoms with Crippen molar-refractivity contribution < 1.29 is 80.9 Å². The molecule has 20 heteroatoms. The Morgan fingerprint density at radius 3 is 1.83 bits per heavy atom. The Balaban J connectivity index is 1.79. The van der Waals surface area contributed by atoms with Gasteiger partial charge in [-0.05, 0) is 18.4 Å². The van der Waals surface area contributed by atoms with E-state index in [1.54, 1.807) is 6.20 Å². The minimum atomic E-state index is -2.44. The van der Waals surface area contributed by atoms with E-state index in [0.717, 1.165) is 79.7 Å². The number of aryl methyl sites for hydroxylation is 1. The Morgan fingerprint density at radius 2 is 1.25 bits per heavy atom. The van der Waals surface area contributed by atoms with Crippen molar-refractivity contribution in [2.75, 3.05) is 13.2 Å². The van der Waals surface area contributed by atoms with E-state index >= 15 is 0 Å². The Hall–Kier alpha value is -5.47. The molecule has 0 unspecified atom stereocenters. The summed E-state index contributed by atoms with van der Waals surface area (Å²) in [5.41, 5.74) is 2.45. The number of hydrogen-bond donors (Lipinski definition) is 0. The molecule has 2 aliphatic heterocycles. The molecule has 0 spiro atoms. The van der Waals surface area contributed by atoms with Crippen LogP contribution in [0.5, 0.6) is 0 Å². The molecule has 0 N–H and O–H groups in total. The molecule has 4 rings (SSSR count).